The summed E-state index contributed by atoms with van der Waals surface area (Å²) in [6.07, 6.45) is -1.23. The molecule has 8 nitrogen and oxygen atoms in total. The molecule has 0 atom stereocenters. The summed E-state index contributed by atoms with van der Waals surface area (Å²) in [6, 6.07) is 5.79. The third-order valence-electron chi connectivity index (χ3n) is 5.94. The van der Waals surface area contributed by atoms with E-state index in [2.05, 4.69) is 0 Å². The van der Waals surface area contributed by atoms with Gasteiger partial charge in [-0.25, -0.2) is 19.6 Å². The van der Waals surface area contributed by atoms with Gasteiger partial charge in [-0.05, 0) is 85.8 Å². The summed E-state index contributed by atoms with van der Waals surface area (Å²) in [5.41, 5.74) is 0.187. The predicted molar refractivity (Wildman–Crippen MR) is 126 cm³/mol. The molecular weight excluding hydrogens is 423 g/mol. The monoisotopic (exact) mass is 460 g/mol. The summed E-state index contributed by atoms with van der Waals surface area (Å²) in [6.45, 7) is 19.0. The van der Waals surface area contributed by atoms with Crippen molar-refractivity contribution in [3.05, 3.63) is 29.3 Å². The van der Waals surface area contributed by atoms with Crippen molar-refractivity contribution >= 4 is 24.8 Å². The van der Waals surface area contributed by atoms with Crippen molar-refractivity contribution in [2.45, 2.75) is 105 Å². The maximum absolute atomic E-state index is 13.1. The van der Waals surface area contributed by atoms with E-state index in [0.29, 0.717) is 0 Å². The van der Waals surface area contributed by atoms with Crippen LogP contribution < -0.4 is 5.46 Å². The van der Waals surface area contributed by atoms with Crippen molar-refractivity contribution in [2.24, 2.45) is 0 Å². The molecule has 9 heteroatoms. The highest BCUT2D eigenvalue weighted by atomic mass is 16.7. The lowest BCUT2D eigenvalue weighted by Gasteiger charge is -2.40. The molecule has 0 saturated carbocycles. The molecule has 0 radical (unpaired) electrons. The van der Waals surface area contributed by atoms with Crippen LogP contribution in [0.4, 0.5) is 9.59 Å². The molecule has 1 aromatic rings. The van der Waals surface area contributed by atoms with Gasteiger partial charge in [0.15, 0.2) is 0 Å². The highest BCUT2D eigenvalue weighted by Crippen LogP contribution is 2.37. The van der Waals surface area contributed by atoms with E-state index in [4.69, 9.17) is 18.8 Å². The van der Waals surface area contributed by atoms with Crippen LogP contribution in [0.5, 0.6) is 0 Å². The van der Waals surface area contributed by atoms with E-state index in [1.165, 1.54) is 10.0 Å². The number of nitrogens with zero attached hydrogens (tertiary/aromatic N) is 2. The average molecular weight is 460 g/mol. The summed E-state index contributed by atoms with van der Waals surface area (Å²) in [7, 11) is -0.585. The van der Waals surface area contributed by atoms with Crippen molar-refractivity contribution in [1.82, 2.24) is 10.0 Å². The molecule has 2 amide bonds. The van der Waals surface area contributed by atoms with Gasteiger partial charge in [-0.3, -0.25) is 0 Å². The minimum atomic E-state index is -0.720. The number of hydrogen-bond acceptors (Lipinski definition) is 6. The van der Waals surface area contributed by atoms with Crippen LogP contribution in [0.15, 0.2) is 18.2 Å². The molecule has 33 heavy (non-hydrogen) atoms. The Kier molecular flexibility index (Phi) is 6.30. The van der Waals surface area contributed by atoms with E-state index in [1.54, 1.807) is 41.5 Å². The van der Waals surface area contributed by atoms with Gasteiger partial charge in [0.1, 0.15) is 11.2 Å². The largest absolute Gasteiger partial charge is 0.495 e. The Labute approximate surface area is 197 Å². The van der Waals surface area contributed by atoms with Crippen LogP contribution >= 0.6 is 0 Å². The number of benzene rings is 1. The number of rotatable bonds is 1. The lowest BCUT2D eigenvalue weighted by molar-refractivity contribution is -0.0749. The molecule has 0 bridgehead atoms. The van der Waals surface area contributed by atoms with E-state index in [9.17, 15) is 9.59 Å². The third kappa shape index (κ3) is 5.46. The van der Waals surface area contributed by atoms with Crippen LogP contribution in [-0.2, 0) is 31.9 Å². The quantitative estimate of drug-likeness (QED) is 0.579. The van der Waals surface area contributed by atoms with Crippen molar-refractivity contribution in [1.29, 1.82) is 0 Å². The molecule has 2 heterocycles. The Bertz CT molecular complexity index is 916. The number of hydrazine groups is 1. The standard InChI is InChI=1S/C24H37BN2O6/c1-21(2,3)30-19(28)26-14-16-12-11-13-18(25-32-23(7,8)24(9,10)33-25)17(16)15-27(26)20(29)31-22(4,5)6/h11-13H,14-15H2,1-10H3. The second-order valence-electron chi connectivity index (χ2n) is 11.6. The van der Waals surface area contributed by atoms with Gasteiger partial charge < -0.3 is 18.8 Å². The second kappa shape index (κ2) is 8.20. The fourth-order valence-electron chi connectivity index (χ4n) is 3.62. The maximum atomic E-state index is 13.1. The van der Waals surface area contributed by atoms with Crippen LogP contribution in [0.1, 0.15) is 80.4 Å². The highest BCUT2D eigenvalue weighted by Gasteiger charge is 2.53. The zero-order chi connectivity index (χ0) is 25.0. The molecule has 2 aliphatic rings. The molecule has 0 aromatic heterocycles. The summed E-state index contributed by atoms with van der Waals surface area (Å²) < 4.78 is 23.7. The van der Waals surface area contributed by atoms with Gasteiger partial charge in [-0.1, -0.05) is 18.2 Å². The van der Waals surface area contributed by atoms with Gasteiger partial charge >= 0.3 is 19.3 Å². The summed E-state index contributed by atoms with van der Waals surface area (Å²) in [5.74, 6) is 0. The highest BCUT2D eigenvalue weighted by molar-refractivity contribution is 6.62. The third-order valence-corrected chi connectivity index (χ3v) is 5.94. The van der Waals surface area contributed by atoms with Crippen LogP contribution in [0.2, 0.25) is 0 Å². The molecule has 0 unspecified atom stereocenters. The number of amides is 2. The molecular formula is C24H37BN2O6. The second-order valence-corrected chi connectivity index (χ2v) is 11.6. The fraction of sp³-hybridized carbons (Fsp3) is 0.667. The molecule has 1 fully saturated rings. The first kappa shape index (κ1) is 25.4. The van der Waals surface area contributed by atoms with Crippen molar-refractivity contribution in [3.63, 3.8) is 0 Å². The Morgan fingerprint density at radius 2 is 1.30 bits per heavy atom. The van der Waals surface area contributed by atoms with Crippen molar-refractivity contribution < 1.29 is 28.4 Å². The minimum Gasteiger partial charge on any atom is -0.442 e. The van der Waals surface area contributed by atoms with Crippen molar-refractivity contribution in [2.75, 3.05) is 0 Å². The Morgan fingerprint density at radius 3 is 1.76 bits per heavy atom. The molecule has 0 N–H and O–H groups in total. The van der Waals surface area contributed by atoms with Crippen LogP contribution in [0.25, 0.3) is 0 Å². The SMILES string of the molecule is CC(C)(C)OC(=O)N1Cc2cccc(B3OC(C)(C)C(C)(C)O3)c2CN1C(=O)OC(C)(C)C. The summed E-state index contributed by atoms with van der Waals surface area (Å²) in [5, 5.41) is 2.60. The predicted octanol–water partition coefficient (Wildman–Crippen LogP) is 4.39. The zero-order valence-corrected chi connectivity index (χ0v) is 21.6. The average Bonchev–Trinajstić information content (AvgIpc) is 2.84. The lowest BCUT2D eigenvalue weighted by atomic mass is 9.74. The molecule has 3 rings (SSSR count). The molecule has 1 aromatic carbocycles. The van der Waals surface area contributed by atoms with E-state index in [-0.39, 0.29) is 13.1 Å². The number of fused-ring (bicyclic) bond motifs is 1. The number of hydrogen-bond donors (Lipinski definition) is 0. The van der Waals surface area contributed by atoms with Gasteiger partial charge in [0.25, 0.3) is 0 Å². The minimum absolute atomic E-state index is 0.129. The molecule has 182 valence electrons. The fourth-order valence-corrected chi connectivity index (χ4v) is 3.62. The lowest BCUT2D eigenvalue weighted by Crippen LogP contribution is -2.55. The van der Waals surface area contributed by atoms with E-state index < -0.39 is 41.7 Å². The summed E-state index contributed by atoms with van der Waals surface area (Å²) in [4.78, 5) is 26.2. The van der Waals surface area contributed by atoms with Gasteiger partial charge in [0.2, 0.25) is 0 Å². The maximum Gasteiger partial charge on any atom is 0.495 e. The van der Waals surface area contributed by atoms with Crippen LogP contribution in [-0.4, -0.2) is 51.7 Å². The van der Waals surface area contributed by atoms with Gasteiger partial charge in [-0.2, -0.15) is 0 Å². The zero-order valence-electron chi connectivity index (χ0n) is 21.6. The number of ether oxygens (including phenoxy) is 2. The first-order chi connectivity index (χ1) is 14.9. The molecule has 0 spiro atoms. The Balaban J connectivity index is 1.99. The molecule has 0 aliphatic carbocycles. The van der Waals surface area contributed by atoms with Gasteiger partial charge in [-0.15, -0.1) is 0 Å². The van der Waals surface area contributed by atoms with E-state index in [0.717, 1.165) is 16.6 Å². The van der Waals surface area contributed by atoms with Gasteiger partial charge in [0, 0.05) is 0 Å². The molecule has 2 aliphatic heterocycles. The normalized spacial score (nSPS) is 19.9. The van der Waals surface area contributed by atoms with Crippen LogP contribution in [0, 0.1) is 0 Å². The van der Waals surface area contributed by atoms with E-state index in [1.807, 2.05) is 45.9 Å². The number of carbonyl (C=O) groups is 2. The summed E-state index contributed by atoms with van der Waals surface area (Å²) >= 11 is 0. The molecule has 1 saturated heterocycles. The Morgan fingerprint density at radius 1 is 0.848 bits per heavy atom. The van der Waals surface area contributed by atoms with Crippen LogP contribution in [0.3, 0.4) is 0 Å². The Hall–Kier alpha value is -2.26. The topological polar surface area (TPSA) is 77.5 Å². The first-order valence-corrected chi connectivity index (χ1v) is 11.4. The first-order valence-electron chi connectivity index (χ1n) is 11.4. The van der Waals surface area contributed by atoms with Crippen molar-refractivity contribution in [3.8, 4) is 0 Å². The number of carbonyl (C=O) groups excluding carboxylic acids is 2. The van der Waals surface area contributed by atoms with Gasteiger partial charge in [0.05, 0.1) is 24.3 Å². The smallest absolute Gasteiger partial charge is 0.442 e. The van der Waals surface area contributed by atoms with E-state index >= 15 is 0 Å².